The maximum atomic E-state index is 4.92. The molecule has 3 heterocycles. The monoisotopic (exact) mass is 1830 g/mol. The van der Waals surface area contributed by atoms with Crippen LogP contribution in [0, 0.1) is 11.9 Å². The molecule has 3 rings (SSSR count). The van der Waals surface area contributed by atoms with Gasteiger partial charge in [-0.3, -0.25) is 4.93 Å². The second kappa shape index (κ2) is 44.0. The van der Waals surface area contributed by atoms with Gasteiger partial charge in [0.2, 0.25) is 17.6 Å². The van der Waals surface area contributed by atoms with Gasteiger partial charge < -0.3 is 36.8 Å². The van der Waals surface area contributed by atoms with Gasteiger partial charge >= 0.3 is 114 Å². The van der Waals surface area contributed by atoms with Crippen LogP contribution in [-0.4, -0.2) is 66.9 Å². The van der Waals surface area contributed by atoms with Crippen LogP contribution in [0.25, 0.3) is 0 Å². The predicted octanol–water partition coefficient (Wildman–Crippen LogP) is 6.70. The van der Waals surface area contributed by atoms with Crippen LogP contribution in [0.1, 0.15) is 30.9 Å². The Labute approximate surface area is 366 Å². The van der Waals surface area contributed by atoms with Gasteiger partial charge in [0.05, 0.1) is 21.3 Å². The molecule has 0 aliphatic heterocycles. The van der Waals surface area contributed by atoms with Crippen molar-refractivity contribution in [1.82, 2.24) is 45.5 Å². The van der Waals surface area contributed by atoms with E-state index in [1.165, 1.54) is 19.0 Å². The fourth-order valence-electron chi connectivity index (χ4n) is 1.89. The van der Waals surface area contributed by atoms with Gasteiger partial charge in [-0.2, -0.15) is 15.0 Å². The first-order valence-corrected chi connectivity index (χ1v) is 33.9. The summed E-state index contributed by atoms with van der Waals surface area (Å²) in [6, 6.07) is 0. The smallest absolute Gasteiger partial charge is 0 e. The average molecular weight is 1830 g/mol. The number of methoxy groups -OCH3 is 3. The standard InChI is InChI=1S/2C6H9N3O.C5H7N3O.CH2I.5HI.2V.3W/c2*1-3-5-6(10-2)7-4-8-9-5;1-4-5(9-2)6-3-7-8-4;1-2;;;;;;;;;;/h2*4H,3H2,1-2H3;3H,1-2H3;1H2;5*1H;;;;;/q;;;-1;;;;;;+2;+3;;;/p-5. The van der Waals surface area contributed by atoms with E-state index in [0.717, 1.165) is 24.2 Å². The van der Waals surface area contributed by atoms with Gasteiger partial charge in [-0.05, 0) is 19.8 Å². The third-order valence-corrected chi connectivity index (χ3v) is 3.30. The summed E-state index contributed by atoms with van der Waals surface area (Å²) in [4.78, 5) is 14.5. The Morgan fingerprint density at radius 3 is 1.15 bits per heavy atom. The quantitative estimate of drug-likeness (QED) is 0.198. The van der Waals surface area contributed by atoms with Crippen molar-refractivity contribution in [3.05, 3.63) is 41.0 Å². The second-order valence-electron chi connectivity index (χ2n) is 5.35. The minimum absolute atomic E-state index is 0. The van der Waals surface area contributed by atoms with Crippen LogP contribution in [0.2, 0.25) is 0 Å². The van der Waals surface area contributed by atoms with Crippen molar-refractivity contribution < 1.29 is 91.8 Å². The van der Waals surface area contributed by atoms with Gasteiger partial charge in [0.15, 0.2) is 0 Å². The van der Waals surface area contributed by atoms with Crippen LogP contribution in [0.5, 0.6) is 17.6 Å². The molecule has 0 bridgehead atoms. The minimum atomic E-state index is -0.278. The summed E-state index contributed by atoms with van der Waals surface area (Å²) in [5, 5.41) is 22.2. The summed E-state index contributed by atoms with van der Waals surface area (Å²) in [5.74, 6) is 1.67. The fourth-order valence-corrected chi connectivity index (χ4v) is 1.89. The molecule has 0 spiro atoms. The van der Waals surface area contributed by atoms with E-state index in [9.17, 15) is 0 Å². The molecule has 0 atom stereocenters. The number of aromatic nitrogens is 9. The largest absolute Gasteiger partial charge is 0 e. The molecule has 233 valence electrons. The van der Waals surface area contributed by atoms with Gasteiger partial charge in [0.1, 0.15) is 36.1 Å². The van der Waals surface area contributed by atoms with Crippen molar-refractivity contribution in [2.75, 3.05) is 21.3 Å². The molecule has 0 radical (unpaired) electrons. The third-order valence-electron chi connectivity index (χ3n) is 3.30. The maximum absolute atomic E-state index is 4.92. The van der Waals surface area contributed by atoms with Crippen LogP contribution in [0.4, 0.5) is 0 Å². The SMILES string of the molecule is CCc1nncnc1OC.CCc1nncnc1OC.COc1ncnnc1C.[CH2-]I.[I][V]([I])[I].[I][V][I].[W].[W].[W]. The van der Waals surface area contributed by atoms with Crippen LogP contribution < -0.4 is 14.2 Å². The summed E-state index contributed by atoms with van der Waals surface area (Å²) < 4.78 is 14.7. The van der Waals surface area contributed by atoms with Crippen molar-refractivity contribution in [3.63, 3.8) is 0 Å². The number of halogens is 6. The summed E-state index contributed by atoms with van der Waals surface area (Å²) in [7, 11) is 5.33. The van der Waals surface area contributed by atoms with E-state index in [2.05, 4.69) is 150 Å². The first-order chi connectivity index (χ1) is 18.2. The number of aryl methyl sites for hydroxylation is 3. The normalized spacial score (nSPS) is 7.95. The first kappa shape index (κ1) is 57.3. The van der Waals surface area contributed by atoms with Crippen LogP contribution in [0.15, 0.2) is 19.0 Å². The van der Waals surface area contributed by atoms with Crippen molar-refractivity contribution in [3.8, 4) is 17.6 Å². The summed E-state index contributed by atoms with van der Waals surface area (Å²) in [6.45, 7) is 5.75. The van der Waals surface area contributed by atoms with Gasteiger partial charge in [-0.1, -0.05) is 13.8 Å². The van der Waals surface area contributed by atoms with Crippen LogP contribution in [-0.2, 0) is 90.4 Å². The van der Waals surface area contributed by atoms with Gasteiger partial charge in [0, 0.05) is 63.2 Å². The molecule has 0 aliphatic rings. The zero-order valence-electron chi connectivity index (χ0n) is 22.5. The van der Waals surface area contributed by atoms with E-state index in [1.807, 2.05) is 36.4 Å². The van der Waals surface area contributed by atoms with Crippen molar-refractivity contribution >= 4 is 122 Å². The molecule has 0 amide bonds. The molecule has 41 heavy (non-hydrogen) atoms. The molecule has 0 aliphatic carbocycles. The van der Waals surface area contributed by atoms with E-state index in [0.29, 0.717) is 32.8 Å². The molecule has 0 saturated carbocycles. The van der Waals surface area contributed by atoms with E-state index in [-0.39, 0.29) is 68.1 Å². The van der Waals surface area contributed by atoms with E-state index in [1.54, 1.807) is 28.3 Å². The molecule has 0 fully saturated rings. The number of hydrogen-bond acceptors (Lipinski definition) is 12. The topological polar surface area (TPSA) is 144 Å². The zero-order valence-corrected chi connectivity index (χ0v) is 47.0. The number of nitrogens with zero attached hydrogens (tertiary/aromatic N) is 9. The molecular formula is C18H27I6N9O3V2W3-. The third kappa shape index (κ3) is 35.2. The Balaban J connectivity index is -0.0000000950. The molecule has 23 heteroatoms. The average Bonchev–Trinajstić information content (AvgIpc) is 2.95. The maximum Gasteiger partial charge on any atom is 0 e. The van der Waals surface area contributed by atoms with Crippen molar-refractivity contribution in [2.24, 2.45) is 0 Å². The van der Waals surface area contributed by atoms with Crippen molar-refractivity contribution in [2.45, 2.75) is 33.6 Å². The van der Waals surface area contributed by atoms with Crippen LogP contribution in [0.3, 0.4) is 0 Å². The Hall–Kier alpha value is 4.04. The molecule has 0 aromatic carbocycles. The van der Waals surface area contributed by atoms with Gasteiger partial charge in [-0.15, -0.1) is 30.6 Å². The number of ether oxygens (including phenoxy) is 3. The molecular weight excluding hydrogens is 1810 g/mol. The van der Waals surface area contributed by atoms with Crippen LogP contribution >= 0.6 is 122 Å². The van der Waals surface area contributed by atoms with Crippen molar-refractivity contribution in [1.29, 1.82) is 0 Å². The van der Waals surface area contributed by atoms with Gasteiger partial charge in [-0.25, -0.2) is 0 Å². The van der Waals surface area contributed by atoms with E-state index < -0.39 is 0 Å². The molecule has 3 aromatic rings. The molecule has 0 N–H and O–H groups in total. The fraction of sp³-hybridized carbons (Fsp3) is 0.444. The summed E-state index contributed by atoms with van der Waals surface area (Å²) in [5.41, 5.74) is 2.30. The summed E-state index contributed by atoms with van der Waals surface area (Å²) >= 11 is 14.0. The molecule has 12 nitrogen and oxygen atoms in total. The molecule has 3 aromatic heterocycles. The second-order valence-corrected chi connectivity index (χ2v) is 52.5. The molecule has 0 saturated heterocycles. The number of rotatable bonds is 5. The predicted molar refractivity (Wildman–Crippen MR) is 192 cm³/mol. The zero-order chi connectivity index (χ0) is 29.8. The Morgan fingerprint density at radius 2 is 0.951 bits per heavy atom. The number of hydrogen-bond donors (Lipinski definition) is 0. The first-order valence-electron chi connectivity index (χ1n) is 9.81. The molecule has 0 unspecified atom stereocenters. The summed E-state index contributed by atoms with van der Waals surface area (Å²) in [6.07, 6.45) is 5.69. The Kier molecular flexibility index (Phi) is 61.6. The Bertz CT molecular complexity index is 865. The van der Waals surface area contributed by atoms with E-state index in [4.69, 9.17) is 14.2 Å². The van der Waals surface area contributed by atoms with E-state index >= 15 is 0 Å². The van der Waals surface area contributed by atoms with Gasteiger partial charge in [0.25, 0.3) is 0 Å². The minimum Gasteiger partial charge on any atom is 0 e. The Morgan fingerprint density at radius 1 is 0.683 bits per heavy atom.